The van der Waals surface area contributed by atoms with Crippen molar-refractivity contribution in [3.05, 3.63) is 81.2 Å². The predicted octanol–water partition coefficient (Wildman–Crippen LogP) is 1.58. The van der Waals surface area contributed by atoms with Crippen molar-refractivity contribution >= 4 is 29.2 Å². The Hall–Kier alpha value is -2.44. The highest BCUT2D eigenvalue weighted by atomic mass is 35.5. The van der Waals surface area contributed by atoms with Gasteiger partial charge in [0.25, 0.3) is 11.4 Å². The summed E-state index contributed by atoms with van der Waals surface area (Å²) in [6.45, 7) is 0. The van der Waals surface area contributed by atoms with Crippen LogP contribution in [0.15, 0.2) is 64.3 Å². The maximum Gasteiger partial charge on any atom is 0.287 e. The van der Waals surface area contributed by atoms with Crippen LogP contribution in [0, 0.1) is 0 Å². The lowest BCUT2D eigenvalue weighted by Gasteiger charge is -2.02. The lowest BCUT2D eigenvalue weighted by Crippen LogP contribution is -2.48. The third-order valence-electron chi connectivity index (χ3n) is 3.47. The summed E-state index contributed by atoms with van der Waals surface area (Å²) in [6.07, 6.45) is 0. The van der Waals surface area contributed by atoms with Crippen LogP contribution in [-0.4, -0.2) is 15.6 Å². The lowest BCUT2D eigenvalue weighted by molar-refractivity contribution is -0.114. The number of aromatic nitrogens is 2. The van der Waals surface area contributed by atoms with E-state index in [0.717, 1.165) is 10.6 Å². The summed E-state index contributed by atoms with van der Waals surface area (Å²) in [5.41, 5.74) is 7.21. The normalized spacial score (nSPS) is 10.7. The second kappa shape index (κ2) is 6.98. The number of nitrogens with two attached hydrogens (primary N) is 2. The molecule has 0 radical (unpaired) electrons. The second-order valence-corrected chi connectivity index (χ2v) is 6.62. The Kier molecular flexibility index (Phi) is 4.78. The third-order valence-corrected chi connectivity index (χ3v) is 4.76. The smallest absolute Gasteiger partial charge is 0.287 e. The molecule has 0 amide bonds. The first-order chi connectivity index (χ1) is 11.6. The molecule has 122 valence electrons. The summed E-state index contributed by atoms with van der Waals surface area (Å²) < 4.78 is 1.45. The number of thioether (sulfide) groups is 1. The van der Waals surface area contributed by atoms with Crippen LogP contribution in [0.25, 0.3) is 5.69 Å². The van der Waals surface area contributed by atoms with Gasteiger partial charge in [-0.1, -0.05) is 29.8 Å². The van der Waals surface area contributed by atoms with Crippen molar-refractivity contribution in [2.45, 2.75) is 10.6 Å². The number of H-pyrrole nitrogens is 1. The number of nitrogens with one attached hydrogen (secondary N) is 1. The molecular formula is C17H16ClN4OS+. The first kappa shape index (κ1) is 16.4. The van der Waals surface area contributed by atoms with E-state index in [1.807, 2.05) is 54.6 Å². The van der Waals surface area contributed by atoms with E-state index in [1.54, 1.807) is 11.8 Å². The fourth-order valence-electron chi connectivity index (χ4n) is 2.33. The standard InChI is InChI=1S/C17H15ClN4OS/c18-11-6-8-13(9-7-11)24-10-14-15(16(19)20)17(23)22(21-14)12-4-2-1-3-5-12/h1-9,21H,10H2,(H3,19,20)/p+1. The third kappa shape index (κ3) is 3.39. The molecule has 7 heteroatoms. The van der Waals surface area contributed by atoms with Gasteiger partial charge in [0, 0.05) is 15.7 Å². The van der Waals surface area contributed by atoms with Crippen LogP contribution in [-0.2, 0) is 5.75 Å². The molecule has 0 fully saturated rings. The zero-order chi connectivity index (χ0) is 17.1. The first-order valence-corrected chi connectivity index (χ1v) is 8.58. The average Bonchev–Trinajstić information content (AvgIpc) is 2.92. The van der Waals surface area contributed by atoms with Gasteiger partial charge in [-0.05, 0) is 36.4 Å². The highest BCUT2D eigenvalue weighted by Gasteiger charge is 2.20. The molecule has 0 unspecified atom stereocenters. The van der Waals surface area contributed by atoms with E-state index in [1.165, 1.54) is 4.68 Å². The predicted molar refractivity (Wildman–Crippen MR) is 97.6 cm³/mol. The molecule has 5 N–H and O–H groups in total. The van der Waals surface area contributed by atoms with Gasteiger partial charge < -0.3 is 0 Å². The summed E-state index contributed by atoms with van der Waals surface area (Å²) in [7, 11) is 0. The van der Waals surface area contributed by atoms with Crippen LogP contribution in [0.3, 0.4) is 0 Å². The van der Waals surface area contributed by atoms with Gasteiger partial charge in [-0.2, -0.15) is 0 Å². The van der Waals surface area contributed by atoms with Crippen molar-refractivity contribution in [1.29, 1.82) is 0 Å². The Morgan fingerprint density at radius 3 is 2.46 bits per heavy atom. The second-order valence-electron chi connectivity index (χ2n) is 5.14. The van der Waals surface area contributed by atoms with Gasteiger partial charge in [-0.3, -0.25) is 21.0 Å². The molecule has 0 spiro atoms. The van der Waals surface area contributed by atoms with Crippen LogP contribution >= 0.6 is 23.4 Å². The number of rotatable bonds is 5. The summed E-state index contributed by atoms with van der Waals surface area (Å²) >= 11 is 7.46. The van der Waals surface area contributed by atoms with Crippen molar-refractivity contribution in [1.82, 2.24) is 9.78 Å². The van der Waals surface area contributed by atoms with Crippen LogP contribution in [0.1, 0.15) is 11.3 Å². The maximum absolute atomic E-state index is 12.6. The van der Waals surface area contributed by atoms with Crippen molar-refractivity contribution in [2.24, 2.45) is 5.73 Å². The van der Waals surface area contributed by atoms with Crippen LogP contribution in [0.4, 0.5) is 0 Å². The molecule has 0 saturated heterocycles. The Balaban J connectivity index is 1.93. The minimum Gasteiger partial charge on any atom is -0.293 e. The van der Waals surface area contributed by atoms with Gasteiger partial charge in [-0.25, -0.2) is 4.68 Å². The van der Waals surface area contributed by atoms with Crippen molar-refractivity contribution in [2.75, 3.05) is 0 Å². The minimum atomic E-state index is -0.257. The fraction of sp³-hybridized carbons (Fsp3) is 0.0588. The molecule has 1 aromatic heterocycles. The Bertz CT molecular complexity index is 916. The van der Waals surface area contributed by atoms with Gasteiger partial charge in [0.1, 0.15) is 0 Å². The Labute approximate surface area is 147 Å². The van der Waals surface area contributed by atoms with E-state index in [0.29, 0.717) is 22.0 Å². The van der Waals surface area contributed by atoms with Gasteiger partial charge in [0.2, 0.25) is 0 Å². The SMILES string of the molecule is NC(=[NH2+])c1c(CSc2ccc(Cl)cc2)[nH]n(-c2ccccc2)c1=O. The van der Waals surface area contributed by atoms with Crippen LogP contribution in [0.2, 0.25) is 5.02 Å². The van der Waals surface area contributed by atoms with E-state index in [2.05, 4.69) is 5.10 Å². The number of para-hydroxylation sites is 1. The molecule has 0 bridgehead atoms. The molecule has 0 atom stereocenters. The molecule has 0 aliphatic carbocycles. The largest absolute Gasteiger partial charge is 0.293 e. The van der Waals surface area contributed by atoms with Crippen molar-refractivity contribution in [3.8, 4) is 5.69 Å². The summed E-state index contributed by atoms with van der Waals surface area (Å²) in [5.74, 6) is 0.543. The van der Waals surface area contributed by atoms with Gasteiger partial charge in [0.15, 0.2) is 5.56 Å². The first-order valence-electron chi connectivity index (χ1n) is 7.22. The molecule has 0 saturated carbocycles. The van der Waals surface area contributed by atoms with Crippen LogP contribution < -0.4 is 16.7 Å². The molecule has 0 aliphatic heterocycles. The monoisotopic (exact) mass is 359 g/mol. The Morgan fingerprint density at radius 2 is 1.83 bits per heavy atom. The van der Waals surface area contributed by atoms with E-state index >= 15 is 0 Å². The van der Waals surface area contributed by atoms with E-state index in [-0.39, 0.29) is 11.4 Å². The molecule has 1 heterocycles. The Morgan fingerprint density at radius 1 is 1.17 bits per heavy atom. The molecule has 0 aliphatic rings. The minimum absolute atomic E-state index is 0.0117. The number of aromatic amines is 1. The number of halogens is 1. The fourth-order valence-corrected chi connectivity index (χ4v) is 3.30. The van der Waals surface area contributed by atoms with E-state index in [9.17, 15) is 4.79 Å². The van der Waals surface area contributed by atoms with Gasteiger partial charge in [0.05, 0.1) is 11.4 Å². The van der Waals surface area contributed by atoms with Gasteiger partial charge in [-0.15, -0.1) is 11.8 Å². The van der Waals surface area contributed by atoms with Crippen molar-refractivity contribution in [3.63, 3.8) is 0 Å². The number of amidine groups is 1. The number of hydrogen-bond acceptors (Lipinski definition) is 2. The van der Waals surface area contributed by atoms with Crippen LogP contribution in [0.5, 0.6) is 0 Å². The number of benzene rings is 2. The zero-order valence-corrected chi connectivity index (χ0v) is 14.3. The lowest BCUT2D eigenvalue weighted by atomic mass is 10.2. The highest BCUT2D eigenvalue weighted by molar-refractivity contribution is 7.98. The maximum atomic E-state index is 12.6. The summed E-state index contributed by atoms with van der Waals surface area (Å²) in [5, 5.41) is 9.52. The number of hydrogen-bond donors (Lipinski definition) is 3. The van der Waals surface area contributed by atoms with E-state index in [4.69, 9.17) is 22.7 Å². The molecule has 2 aromatic carbocycles. The molecule has 3 rings (SSSR count). The molecule has 5 nitrogen and oxygen atoms in total. The topological polar surface area (TPSA) is 89.4 Å². The molecule has 3 aromatic rings. The van der Waals surface area contributed by atoms with E-state index < -0.39 is 0 Å². The highest BCUT2D eigenvalue weighted by Crippen LogP contribution is 2.24. The quantitative estimate of drug-likeness (QED) is 0.367. The average molecular weight is 360 g/mol. The zero-order valence-electron chi connectivity index (χ0n) is 12.7. The summed E-state index contributed by atoms with van der Waals surface area (Å²) in [6, 6.07) is 16.8. The van der Waals surface area contributed by atoms with Gasteiger partial charge >= 0.3 is 0 Å². The van der Waals surface area contributed by atoms with Crippen molar-refractivity contribution < 1.29 is 5.41 Å². The summed E-state index contributed by atoms with van der Waals surface area (Å²) in [4.78, 5) is 13.6. The molecule has 24 heavy (non-hydrogen) atoms. The number of nitrogens with zero attached hydrogens (tertiary/aromatic N) is 1. The molecular weight excluding hydrogens is 344 g/mol.